The summed E-state index contributed by atoms with van der Waals surface area (Å²) in [6.45, 7) is 4.00. The van der Waals surface area contributed by atoms with Gasteiger partial charge in [-0.15, -0.1) is 0 Å². The van der Waals surface area contributed by atoms with Gasteiger partial charge in [0, 0.05) is 29.9 Å². The second-order valence-electron chi connectivity index (χ2n) is 5.23. The van der Waals surface area contributed by atoms with Gasteiger partial charge in [-0.25, -0.2) is 0 Å². The summed E-state index contributed by atoms with van der Waals surface area (Å²) in [6, 6.07) is 13.8. The summed E-state index contributed by atoms with van der Waals surface area (Å²) in [6.07, 6.45) is 0.858. The van der Waals surface area contributed by atoms with Crippen LogP contribution < -0.4 is 15.4 Å². The molecule has 1 heterocycles. The van der Waals surface area contributed by atoms with Gasteiger partial charge >= 0.3 is 0 Å². The van der Waals surface area contributed by atoms with Crippen LogP contribution in [-0.4, -0.2) is 19.1 Å². The predicted molar refractivity (Wildman–Crippen MR) is 87.4 cm³/mol. The standard InChI is InChI=1S/C18H20N2O2/c1-2-22-17-9-4-3-6-13(17)12-20-16-8-5-7-15-14(16)10-11-19-18(15)21/h3-9,20H,2,10-12H2,1H3,(H,19,21). The molecule has 0 aliphatic carbocycles. The molecular weight excluding hydrogens is 276 g/mol. The summed E-state index contributed by atoms with van der Waals surface area (Å²) >= 11 is 0. The van der Waals surface area contributed by atoms with Crippen molar-refractivity contribution < 1.29 is 9.53 Å². The molecule has 4 heteroatoms. The van der Waals surface area contributed by atoms with Gasteiger partial charge in [0.2, 0.25) is 0 Å². The van der Waals surface area contributed by atoms with Gasteiger partial charge in [0.1, 0.15) is 5.75 Å². The number of hydrogen-bond acceptors (Lipinski definition) is 3. The highest BCUT2D eigenvalue weighted by molar-refractivity contribution is 5.98. The number of carbonyl (C=O) groups excluding carboxylic acids is 1. The van der Waals surface area contributed by atoms with Crippen LogP contribution in [0.2, 0.25) is 0 Å². The normalized spacial score (nSPS) is 13.2. The fraction of sp³-hybridized carbons (Fsp3) is 0.278. The largest absolute Gasteiger partial charge is 0.494 e. The molecule has 1 aliphatic heterocycles. The molecule has 1 aliphatic rings. The minimum atomic E-state index is 0.0135. The highest BCUT2D eigenvalue weighted by Gasteiger charge is 2.18. The fourth-order valence-electron chi connectivity index (χ4n) is 2.77. The van der Waals surface area contributed by atoms with Crippen molar-refractivity contribution >= 4 is 11.6 Å². The van der Waals surface area contributed by atoms with Gasteiger partial charge in [0.25, 0.3) is 5.91 Å². The van der Waals surface area contributed by atoms with E-state index in [0.717, 1.165) is 34.5 Å². The van der Waals surface area contributed by atoms with E-state index >= 15 is 0 Å². The lowest BCUT2D eigenvalue weighted by atomic mass is 9.98. The zero-order valence-corrected chi connectivity index (χ0v) is 12.7. The summed E-state index contributed by atoms with van der Waals surface area (Å²) in [4.78, 5) is 11.9. The third kappa shape index (κ3) is 2.91. The molecule has 114 valence electrons. The van der Waals surface area contributed by atoms with Gasteiger partial charge in [-0.2, -0.15) is 0 Å². The quantitative estimate of drug-likeness (QED) is 0.892. The smallest absolute Gasteiger partial charge is 0.251 e. The number of fused-ring (bicyclic) bond motifs is 1. The number of benzene rings is 2. The van der Waals surface area contributed by atoms with Crippen molar-refractivity contribution in [1.82, 2.24) is 5.32 Å². The number of para-hydroxylation sites is 1. The predicted octanol–water partition coefficient (Wildman–Crippen LogP) is 2.98. The van der Waals surface area contributed by atoms with Gasteiger partial charge in [0.05, 0.1) is 6.61 Å². The third-order valence-electron chi connectivity index (χ3n) is 3.82. The average Bonchev–Trinajstić information content (AvgIpc) is 2.55. The van der Waals surface area contributed by atoms with Crippen LogP contribution in [0, 0.1) is 0 Å². The Morgan fingerprint density at radius 3 is 2.91 bits per heavy atom. The number of hydrogen-bond donors (Lipinski definition) is 2. The molecule has 0 radical (unpaired) electrons. The molecule has 0 unspecified atom stereocenters. The molecule has 2 aromatic carbocycles. The second kappa shape index (κ2) is 6.52. The molecule has 0 fully saturated rings. The summed E-state index contributed by atoms with van der Waals surface area (Å²) in [5.74, 6) is 0.916. The van der Waals surface area contributed by atoms with Crippen molar-refractivity contribution in [1.29, 1.82) is 0 Å². The van der Waals surface area contributed by atoms with Gasteiger partial charge < -0.3 is 15.4 Å². The molecule has 1 amide bonds. The zero-order valence-electron chi connectivity index (χ0n) is 12.7. The lowest BCUT2D eigenvalue weighted by molar-refractivity contribution is 0.0946. The van der Waals surface area contributed by atoms with Crippen molar-refractivity contribution in [3.8, 4) is 5.75 Å². The molecule has 0 saturated carbocycles. The molecule has 0 atom stereocenters. The first-order chi connectivity index (χ1) is 10.8. The number of amides is 1. The van der Waals surface area contributed by atoms with E-state index in [4.69, 9.17) is 4.74 Å². The van der Waals surface area contributed by atoms with Crippen LogP contribution in [-0.2, 0) is 13.0 Å². The third-order valence-corrected chi connectivity index (χ3v) is 3.82. The average molecular weight is 296 g/mol. The van der Waals surface area contributed by atoms with Crippen LogP contribution in [0.25, 0.3) is 0 Å². The van der Waals surface area contributed by atoms with Gasteiger partial charge in [0.15, 0.2) is 0 Å². The highest BCUT2D eigenvalue weighted by Crippen LogP contribution is 2.25. The number of rotatable bonds is 5. The van der Waals surface area contributed by atoms with Crippen molar-refractivity contribution in [2.45, 2.75) is 19.9 Å². The first kappa shape index (κ1) is 14.4. The Hall–Kier alpha value is -2.49. The minimum Gasteiger partial charge on any atom is -0.494 e. The Balaban J connectivity index is 1.80. The number of ether oxygens (including phenoxy) is 1. The van der Waals surface area contributed by atoms with Crippen LogP contribution in [0.4, 0.5) is 5.69 Å². The van der Waals surface area contributed by atoms with E-state index in [0.29, 0.717) is 19.7 Å². The van der Waals surface area contributed by atoms with E-state index in [9.17, 15) is 4.79 Å². The molecule has 0 bridgehead atoms. The topological polar surface area (TPSA) is 50.4 Å². The van der Waals surface area contributed by atoms with Crippen molar-refractivity contribution in [3.63, 3.8) is 0 Å². The minimum absolute atomic E-state index is 0.0135. The van der Waals surface area contributed by atoms with E-state index in [2.05, 4.69) is 16.7 Å². The van der Waals surface area contributed by atoms with Crippen molar-refractivity contribution in [3.05, 3.63) is 59.2 Å². The lowest BCUT2D eigenvalue weighted by Gasteiger charge is -2.20. The maximum atomic E-state index is 11.9. The molecule has 0 spiro atoms. The first-order valence-corrected chi connectivity index (χ1v) is 7.64. The van der Waals surface area contributed by atoms with Gasteiger partial charge in [-0.1, -0.05) is 24.3 Å². The van der Waals surface area contributed by atoms with Crippen LogP contribution >= 0.6 is 0 Å². The number of carbonyl (C=O) groups is 1. The molecule has 0 aromatic heterocycles. The lowest BCUT2D eigenvalue weighted by Crippen LogP contribution is -2.32. The van der Waals surface area contributed by atoms with E-state index in [1.54, 1.807) is 0 Å². The summed E-state index contributed by atoms with van der Waals surface area (Å²) in [5.41, 5.74) is 4.01. The van der Waals surface area contributed by atoms with E-state index in [1.807, 2.05) is 43.3 Å². The Bertz CT molecular complexity index is 683. The van der Waals surface area contributed by atoms with E-state index in [-0.39, 0.29) is 5.91 Å². The monoisotopic (exact) mass is 296 g/mol. The Morgan fingerprint density at radius 1 is 1.18 bits per heavy atom. The zero-order chi connectivity index (χ0) is 15.4. The molecule has 2 N–H and O–H groups in total. The Kier molecular flexibility index (Phi) is 4.28. The molecule has 4 nitrogen and oxygen atoms in total. The van der Waals surface area contributed by atoms with E-state index in [1.165, 1.54) is 0 Å². The fourth-order valence-corrected chi connectivity index (χ4v) is 2.77. The maximum Gasteiger partial charge on any atom is 0.251 e. The van der Waals surface area contributed by atoms with Crippen molar-refractivity contribution in [2.24, 2.45) is 0 Å². The maximum absolute atomic E-state index is 11.9. The van der Waals surface area contributed by atoms with Crippen LogP contribution in [0.3, 0.4) is 0 Å². The van der Waals surface area contributed by atoms with E-state index < -0.39 is 0 Å². The van der Waals surface area contributed by atoms with Gasteiger partial charge in [-0.3, -0.25) is 4.79 Å². The SMILES string of the molecule is CCOc1ccccc1CNc1cccc2c1CCNC2=O. The number of nitrogens with one attached hydrogen (secondary N) is 2. The molecule has 3 rings (SSSR count). The van der Waals surface area contributed by atoms with Crippen LogP contribution in [0.15, 0.2) is 42.5 Å². The van der Waals surface area contributed by atoms with Crippen molar-refractivity contribution in [2.75, 3.05) is 18.5 Å². The Labute approximate surface area is 130 Å². The first-order valence-electron chi connectivity index (χ1n) is 7.64. The second-order valence-corrected chi connectivity index (χ2v) is 5.23. The summed E-state index contributed by atoms with van der Waals surface area (Å²) < 4.78 is 5.65. The van der Waals surface area contributed by atoms with Crippen LogP contribution in [0.1, 0.15) is 28.4 Å². The molecule has 2 aromatic rings. The Morgan fingerprint density at radius 2 is 2.05 bits per heavy atom. The number of anilines is 1. The molecule has 22 heavy (non-hydrogen) atoms. The highest BCUT2D eigenvalue weighted by atomic mass is 16.5. The van der Waals surface area contributed by atoms with Crippen LogP contribution in [0.5, 0.6) is 5.75 Å². The summed E-state index contributed by atoms with van der Waals surface area (Å²) in [7, 11) is 0. The summed E-state index contributed by atoms with van der Waals surface area (Å²) in [5, 5.41) is 6.33. The molecule has 0 saturated heterocycles. The van der Waals surface area contributed by atoms with Gasteiger partial charge in [-0.05, 0) is 37.1 Å². The molecular formula is C18H20N2O2.